The lowest BCUT2D eigenvalue weighted by molar-refractivity contribution is -0.125. The van der Waals surface area contributed by atoms with Crippen LogP contribution in [0.5, 0.6) is 5.75 Å². The van der Waals surface area contributed by atoms with Crippen LogP contribution in [-0.4, -0.2) is 44.1 Å². The molecule has 1 amide bonds. The number of likely N-dealkylation sites (N-methyl/N-ethyl adjacent to an activating group) is 1. The number of nitrogens with one attached hydrogen (secondary N) is 1. The number of nitrogens with zero attached hydrogens (tertiary/aromatic N) is 1. The van der Waals surface area contributed by atoms with E-state index >= 15 is 0 Å². The van der Waals surface area contributed by atoms with Crippen molar-refractivity contribution < 1.29 is 9.53 Å². The van der Waals surface area contributed by atoms with Crippen LogP contribution in [-0.2, 0) is 11.3 Å². The van der Waals surface area contributed by atoms with Gasteiger partial charge >= 0.3 is 0 Å². The number of nitrogens with two attached hydrogens (primary N) is 1. The standard InChI is InChI=1S/C17H27N3O2.2ClH/c1-20(2)9-10-22-16-7-3-13(4-8-16)12-19-17(21)14-5-6-15(18)11-14;;/h3-4,7-8,14-15H,5-6,9-12,18H2,1-2H3,(H,19,21);2*1H. The van der Waals surface area contributed by atoms with E-state index in [4.69, 9.17) is 10.5 Å². The maximum atomic E-state index is 12.0. The summed E-state index contributed by atoms with van der Waals surface area (Å²) in [4.78, 5) is 14.1. The molecule has 0 aliphatic heterocycles. The average Bonchev–Trinajstić information content (AvgIpc) is 2.92. The fourth-order valence-electron chi connectivity index (χ4n) is 2.64. The lowest BCUT2D eigenvalue weighted by Gasteiger charge is -2.12. The number of carbonyl (C=O) groups excluding carboxylic acids is 1. The number of halogens is 2. The number of carbonyl (C=O) groups is 1. The fraction of sp³-hybridized carbons (Fsp3) is 0.588. The lowest BCUT2D eigenvalue weighted by Crippen LogP contribution is -2.29. The Kier molecular flexibility index (Phi) is 11.0. The van der Waals surface area contributed by atoms with Gasteiger partial charge in [-0.1, -0.05) is 12.1 Å². The van der Waals surface area contributed by atoms with Gasteiger partial charge in [-0.3, -0.25) is 4.79 Å². The smallest absolute Gasteiger partial charge is 0.223 e. The molecule has 7 heteroatoms. The maximum absolute atomic E-state index is 12.0. The number of amides is 1. The van der Waals surface area contributed by atoms with Gasteiger partial charge in [-0.15, -0.1) is 24.8 Å². The van der Waals surface area contributed by atoms with Crippen LogP contribution in [0.3, 0.4) is 0 Å². The van der Waals surface area contributed by atoms with Crippen LogP contribution in [0.1, 0.15) is 24.8 Å². The molecule has 1 aliphatic carbocycles. The Bertz CT molecular complexity index is 483. The number of ether oxygens (including phenoxy) is 1. The first-order chi connectivity index (χ1) is 10.5. The zero-order chi connectivity index (χ0) is 15.9. The molecule has 2 unspecified atom stereocenters. The van der Waals surface area contributed by atoms with Crippen molar-refractivity contribution in [3.63, 3.8) is 0 Å². The van der Waals surface area contributed by atoms with Crippen molar-refractivity contribution in [2.24, 2.45) is 11.7 Å². The first-order valence-electron chi connectivity index (χ1n) is 7.94. The van der Waals surface area contributed by atoms with Crippen LogP contribution in [0.2, 0.25) is 0 Å². The van der Waals surface area contributed by atoms with E-state index in [0.29, 0.717) is 13.2 Å². The first kappa shape index (κ1) is 23.0. The molecule has 0 saturated heterocycles. The molecular formula is C17H29Cl2N3O2. The van der Waals surface area contributed by atoms with Crippen LogP contribution >= 0.6 is 24.8 Å². The molecule has 0 heterocycles. The van der Waals surface area contributed by atoms with Crippen molar-refractivity contribution in [3.8, 4) is 5.75 Å². The van der Waals surface area contributed by atoms with Crippen LogP contribution < -0.4 is 15.8 Å². The third kappa shape index (κ3) is 7.71. The Morgan fingerprint density at radius 3 is 2.46 bits per heavy atom. The zero-order valence-electron chi connectivity index (χ0n) is 14.4. The Morgan fingerprint density at radius 2 is 1.92 bits per heavy atom. The first-order valence-corrected chi connectivity index (χ1v) is 7.94. The minimum Gasteiger partial charge on any atom is -0.492 e. The summed E-state index contributed by atoms with van der Waals surface area (Å²) < 4.78 is 5.65. The van der Waals surface area contributed by atoms with Gasteiger partial charge in [-0.05, 0) is 51.1 Å². The van der Waals surface area contributed by atoms with Crippen LogP contribution in [0, 0.1) is 5.92 Å². The number of hydrogen-bond donors (Lipinski definition) is 2. The molecule has 2 rings (SSSR count). The van der Waals surface area contributed by atoms with Crippen LogP contribution in [0.25, 0.3) is 0 Å². The van der Waals surface area contributed by atoms with E-state index in [-0.39, 0.29) is 42.7 Å². The van der Waals surface area contributed by atoms with Crippen molar-refractivity contribution in [1.82, 2.24) is 10.2 Å². The van der Waals surface area contributed by atoms with E-state index in [1.54, 1.807) is 0 Å². The molecule has 0 spiro atoms. The van der Waals surface area contributed by atoms with Gasteiger partial charge in [-0.25, -0.2) is 0 Å². The summed E-state index contributed by atoms with van der Waals surface area (Å²) in [5.74, 6) is 1.07. The van der Waals surface area contributed by atoms with Gasteiger partial charge < -0.3 is 20.7 Å². The predicted octanol–water partition coefficient (Wildman–Crippen LogP) is 2.21. The number of benzene rings is 1. The van der Waals surface area contributed by atoms with E-state index in [0.717, 1.165) is 37.1 Å². The molecule has 5 nitrogen and oxygen atoms in total. The van der Waals surface area contributed by atoms with E-state index in [1.807, 2.05) is 38.4 Å². The van der Waals surface area contributed by atoms with Crippen molar-refractivity contribution in [2.45, 2.75) is 31.8 Å². The Balaban J connectivity index is 0.00000264. The third-order valence-electron chi connectivity index (χ3n) is 4.04. The summed E-state index contributed by atoms with van der Waals surface area (Å²) in [5.41, 5.74) is 6.93. The Morgan fingerprint density at radius 1 is 1.25 bits per heavy atom. The molecule has 1 fully saturated rings. The minimum absolute atomic E-state index is 0. The molecule has 0 aromatic heterocycles. The summed E-state index contributed by atoms with van der Waals surface area (Å²) >= 11 is 0. The normalized spacial score (nSPS) is 19.3. The summed E-state index contributed by atoms with van der Waals surface area (Å²) in [5, 5.41) is 3.00. The van der Waals surface area contributed by atoms with Gasteiger partial charge in [0.05, 0.1) is 0 Å². The van der Waals surface area contributed by atoms with Crippen LogP contribution in [0.4, 0.5) is 0 Å². The van der Waals surface area contributed by atoms with Gasteiger partial charge in [0.1, 0.15) is 12.4 Å². The molecule has 1 aromatic rings. The van der Waals surface area contributed by atoms with Gasteiger partial charge in [0.2, 0.25) is 5.91 Å². The van der Waals surface area contributed by atoms with Crippen molar-refractivity contribution in [2.75, 3.05) is 27.2 Å². The highest BCUT2D eigenvalue weighted by Gasteiger charge is 2.27. The summed E-state index contributed by atoms with van der Waals surface area (Å²) in [6.07, 6.45) is 2.67. The zero-order valence-corrected chi connectivity index (χ0v) is 16.0. The Labute approximate surface area is 157 Å². The highest BCUT2D eigenvalue weighted by molar-refractivity contribution is 5.85. The van der Waals surface area contributed by atoms with Crippen molar-refractivity contribution in [3.05, 3.63) is 29.8 Å². The topological polar surface area (TPSA) is 67.6 Å². The highest BCUT2D eigenvalue weighted by atomic mass is 35.5. The van der Waals surface area contributed by atoms with E-state index in [9.17, 15) is 4.79 Å². The molecular weight excluding hydrogens is 349 g/mol. The summed E-state index contributed by atoms with van der Waals surface area (Å²) in [6.45, 7) is 2.12. The highest BCUT2D eigenvalue weighted by Crippen LogP contribution is 2.24. The van der Waals surface area contributed by atoms with Gasteiger partial charge in [0.15, 0.2) is 0 Å². The molecule has 2 atom stereocenters. The monoisotopic (exact) mass is 377 g/mol. The van der Waals surface area contributed by atoms with Crippen LogP contribution in [0.15, 0.2) is 24.3 Å². The van der Waals surface area contributed by atoms with E-state index in [1.165, 1.54) is 0 Å². The quantitative estimate of drug-likeness (QED) is 0.764. The second-order valence-electron chi connectivity index (χ2n) is 6.28. The van der Waals surface area contributed by atoms with Crippen molar-refractivity contribution >= 4 is 30.7 Å². The lowest BCUT2D eigenvalue weighted by atomic mass is 10.1. The fourth-order valence-corrected chi connectivity index (χ4v) is 2.64. The average molecular weight is 378 g/mol. The summed E-state index contributed by atoms with van der Waals surface area (Å²) in [6, 6.07) is 8.07. The van der Waals surface area contributed by atoms with E-state index < -0.39 is 0 Å². The molecule has 1 saturated carbocycles. The summed E-state index contributed by atoms with van der Waals surface area (Å²) in [7, 11) is 4.04. The van der Waals surface area contributed by atoms with Crippen molar-refractivity contribution in [1.29, 1.82) is 0 Å². The van der Waals surface area contributed by atoms with Gasteiger partial charge in [0, 0.05) is 25.0 Å². The van der Waals surface area contributed by atoms with E-state index in [2.05, 4.69) is 10.2 Å². The molecule has 3 N–H and O–H groups in total. The number of hydrogen-bond acceptors (Lipinski definition) is 4. The maximum Gasteiger partial charge on any atom is 0.223 e. The molecule has 24 heavy (non-hydrogen) atoms. The minimum atomic E-state index is 0. The predicted molar refractivity (Wildman–Crippen MR) is 102 cm³/mol. The molecule has 1 aromatic carbocycles. The second-order valence-corrected chi connectivity index (χ2v) is 6.28. The van der Waals surface area contributed by atoms with Gasteiger partial charge in [-0.2, -0.15) is 0 Å². The van der Waals surface area contributed by atoms with Gasteiger partial charge in [0.25, 0.3) is 0 Å². The third-order valence-corrected chi connectivity index (χ3v) is 4.04. The molecule has 138 valence electrons. The molecule has 0 radical (unpaired) electrons. The number of rotatable bonds is 7. The largest absolute Gasteiger partial charge is 0.492 e. The SMILES string of the molecule is CN(C)CCOc1ccc(CNC(=O)C2CCC(N)C2)cc1.Cl.Cl. The second kappa shape index (κ2) is 11.5. The Hall–Kier alpha value is -1.01. The molecule has 1 aliphatic rings. The molecule has 0 bridgehead atoms.